The molecule has 7 nitrogen and oxygen atoms in total. The molecule has 0 saturated carbocycles. The summed E-state index contributed by atoms with van der Waals surface area (Å²) in [6.07, 6.45) is 2.06. The Morgan fingerprint density at radius 2 is 1.80 bits per heavy atom. The zero-order chi connectivity index (χ0) is 21.2. The van der Waals surface area contributed by atoms with Crippen LogP contribution in [0.2, 0.25) is 0 Å². The van der Waals surface area contributed by atoms with E-state index in [0.29, 0.717) is 6.04 Å². The zero-order valence-electron chi connectivity index (χ0n) is 18.1. The fraction of sp³-hybridized carbons (Fsp3) is 0.435. The van der Waals surface area contributed by atoms with Gasteiger partial charge in [-0.3, -0.25) is 4.99 Å². The Hall–Kier alpha value is -3.09. The van der Waals surface area contributed by atoms with Crippen LogP contribution in [0, 0.1) is 0 Å². The van der Waals surface area contributed by atoms with Crippen molar-refractivity contribution in [3.63, 3.8) is 0 Å². The summed E-state index contributed by atoms with van der Waals surface area (Å²) in [5.74, 6) is 2.47. The number of rotatable bonds is 9. The number of nitrogens with one attached hydrogen (secondary N) is 3. The van der Waals surface area contributed by atoms with Crippen molar-refractivity contribution in [2.45, 2.75) is 18.9 Å². The van der Waals surface area contributed by atoms with Crippen LogP contribution in [0.4, 0.5) is 11.4 Å². The Morgan fingerprint density at radius 1 is 1.07 bits per heavy atom. The molecular formula is C23H33N5O2. The molecule has 1 aliphatic heterocycles. The fourth-order valence-corrected chi connectivity index (χ4v) is 3.56. The molecule has 2 aromatic rings. The molecule has 162 valence electrons. The monoisotopic (exact) mass is 411 g/mol. The SMILES string of the molecule is CN=C(NCCCNc1ccccc1)NC1CCN(c2cc(OC)cc(OC)c2)C1. The van der Waals surface area contributed by atoms with Crippen molar-refractivity contribution in [3.05, 3.63) is 48.5 Å². The van der Waals surface area contributed by atoms with Gasteiger partial charge in [-0.15, -0.1) is 0 Å². The number of guanidine groups is 1. The number of hydrogen-bond donors (Lipinski definition) is 3. The predicted molar refractivity (Wildman–Crippen MR) is 124 cm³/mol. The van der Waals surface area contributed by atoms with Gasteiger partial charge in [0.25, 0.3) is 0 Å². The highest BCUT2D eigenvalue weighted by molar-refractivity contribution is 5.80. The second-order valence-electron chi connectivity index (χ2n) is 7.29. The Morgan fingerprint density at radius 3 is 2.47 bits per heavy atom. The topological polar surface area (TPSA) is 70.2 Å². The maximum Gasteiger partial charge on any atom is 0.191 e. The second kappa shape index (κ2) is 11.2. The summed E-state index contributed by atoms with van der Waals surface area (Å²) in [5.41, 5.74) is 2.27. The summed E-state index contributed by atoms with van der Waals surface area (Å²) in [6.45, 7) is 3.67. The molecule has 1 saturated heterocycles. The maximum absolute atomic E-state index is 5.40. The van der Waals surface area contributed by atoms with Gasteiger partial charge in [0.2, 0.25) is 0 Å². The highest BCUT2D eigenvalue weighted by atomic mass is 16.5. The molecule has 30 heavy (non-hydrogen) atoms. The molecule has 0 aliphatic carbocycles. The lowest BCUT2D eigenvalue weighted by Crippen LogP contribution is -2.45. The van der Waals surface area contributed by atoms with Gasteiger partial charge < -0.3 is 30.3 Å². The van der Waals surface area contributed by atoms with Crippen molar-refractivity contribution >= 4 is 17.3 Å². The fourth-order valence-electron chi connectivity index (χ4n) is 3.56. The average Bonchev–Trinajstić information content (AvgIpc) is 3.27. The van der Waals surface area contributed by atoms with Crippen LogP contribution in [-0.2, 0) is 0 Å². The van der Waals surface area contributed by atoms with Crippen LogP contribution in [-0.4, -0.2) is 59.4 Å². The number of ether oxygens (including phenoxy) is 2. The number of benzene rings is 2. The summed E-state index contributed by atoms with van der Waals surface area (Å²) >= 11 is 0. The van der Waals surface area contributed by atoms with Crippen molar-refractivity contribution in [2.24, 2.45) is 4.99 Å². The molecule has 3 N–H and O–H groups in total. The smallest absolute Gasteiger partial charge is 0.191 e. The third-order valence-electron chi connectivity index (χ3n) is 5.20. The number of methoxy groups -OCH3 is 2. The predicted octanol–water partition coefficient (Wildman–Crippen LogP) is 2.95. The van der Waals surface area contributed by atoms with Crippen LogP contribution >= 0.6 is 0 Å². The van der Waals surface area contributed by atoms with Gasteiger partial charge in [-0.05, 0) is 25.0 Å². The van der Waals surface area contributed by atoms with E-state index in [9.17, 15) is 0 Å². The van der Waals surface area contributed by atoms with Gasteiger partial charge in [0.05, 0.1) is 14.2 Å². The highest BCUT2D eigenvalue weighted by Gasteiger charge is 2.24. The Bertz CT molecular complexity index is 790. The minimum atomic E-state index is 0.343. The van der Waals surface area contributed by atoms with Crippen LogP contribution in [0.25, 0.3) is 0 Å². The van der Waals surface area contributed by atoms with Gasteiger partial charge in [0, 0.05) is 68.8 Å². The van der Waals surface area contributed by atoms with E-state index in [-0.39, 0.29) is 0 Å². The summed E-state index contributed by atoms with van der Waals surface area (Å²) in [7, 11) is 5.17. The lowest BCUT2D eigenvalue weighted by atomic mass is 10.2. The molecule has 3 rings (SSSR count). The van der Waals surface area contributed by atoms with E-state index in [2.05, 4.69) is 50.1 Å². The molecular weight excluding hydrogens is 378 g/mol. The number of nitrogens with zero attached hydrogens (tertiary/aromatic N) is 2. The first-order valence-corrected chi connectivity index (χ1v) is 10.5. The third-order valence-corrected chi connectivity index (χ3v) is 5.20. The van der Waals surface area contributed by atoms with Crippen molar-refractivity contribution < 1.29 is 9.47 Å². The second-order valence-corrected chi connectivity index (χ2v) is 7.29. The van der Waals surface area contributed by atoms with Crippen LogP contribution in [0.1, 0.15) is 12.8 Å². The number of anilines is 2. The number of para-hydroxylation sites is 1. The van der Waals surface area contributed by atoms with E-state index in [1.807, 2.05) is 31.3 Å². The first-order chi connectivity index (χ1) is 14.7. The Kier molecular flexibility index (Phi) is 8.06. The molecule has 2 aromatic carbocycles. The largest absolute Gasteiger partial charge is 0.497 e. The maximum atomic E-state index is 5.40. The van der Waals surface area contributed by atoms with Gasteiger partial charge >= 0.3 is 0 Å². The summed E-state index contributed by atoms with van der Waals surface area (Å²) in [6, 6.07) is 16.6. The molecule has 0 aromatic heterocycles. The summed E-state index contributed by atoms with van der Waals surface area (Å²) in [4.78, 5) is 6.72. The first-order valence-electron chi connectivity index (χ1n) is 10.5. The molecule has 0 radical (unpaired) electrons. The Labute approximate surface area is 179 Å². The number of aliphatic imine (C=N–C) groups is 1. The standard InChI is InChI=1S/C23H33N5O2/c1-24-23(26-12-7-11-25-18-8-5-4-6-9-18)27-19-10-13-28(17-19)20-14-21(29-2)16-22(15-20)30-3/h4-6,8-9,14-16,19,25H,7,10-13,17H2,1-3H3,(H2,24,26,27). The lowest BCUT2D eigenvalue weighted by molar-refractivity contribution is 0.394. The third kappa shape index (κ3) is 6.20. The van der Waals surface area contributed by atoms with Crippen LogP contribution < -0.4 is 30.3 Å². The van der Waals surface area contributed by atoms with Crippen LogP contribution in [0.5, 0.6) is 11.5 Å². The van der Waals surface area contributed by atoms with E-state index in [1.54, 1.807) is 14.2 Å². The first kappa shape index (κ1) is 21.6. The van der Waals surface area contributed by atoms with Gasteiger partial charge in [-0.2, -0.15) is 0 Å². The van der Waals surface area contributed by atoms with E-state index >= 15 is 0 Å². The molecule has 0 bridgehead atoms. The summed E-state index contributed by atoms with van der Waals surface area (Å²) < 4.78 is 10.8. The minimum absolute atomic E-state index is 0.343. The van der Waals surface area contributed by atoms with Crippen molar-refractivity contribution in [1.29, 1.82) is 0 Å². The molecule has 1 fully saturated rings. The lowest BCUT2D eigenvalue weighted by Gasteiger charge is -2.21. The van der Waals surface area contributed by atoms with Crippen molar-refractivity contribution in [1.82, 2.24) is 10.6 Å². The van der Waals surface area contributed by atoms with Gasteiger partial charge in [-0.25, -0.2) is 0 Å². The van der Waals surface area contributed by atoms with Gasteiger partial charge in [-0.1, -0.05) is 18.2 Å². The molecule has 1 aliphatic rings. The van der Waals surface area contributed by atoms with E-state index < -0.39 is 0 Å². The number of hydrogen-bond acceptors (Lipinski definition) is 5. The quantitative estimate of drug-likeness (QED) is 0.335. The Balaban J connectivity index is 1.42. The molecule has 1 atom stereocenters. The minimum Gasteiger partial charge on any atom is -0.497 e. The summed E-state index contributed by atoms with van der Waals surface area (Å²) in [5, 5.41) is 10.4. The van der Waals surface area contributed by atoms with E-state index in [4.69, 9.17) is 9.47 Å². The molecule has 1 unspecified atom stereocenters. The van der Waals surface area contributed by atoms with E-state index in [1.165, 1.54) is 0 Å². The van der Waals surface area contributed by atoms with Crippen molar-refractivity contribution in [2.75, 3.05) is 57.7 Å². The van der Waals surface area contributed by atoms with Crippen LogP contribution in [0.3, 0.4) is 0 Å². The zero-order valence-corrected chi connectivity index (χ0v) is 18.1. The van der Waals surface area contributed by atoms with Gasteiger partial charge in [0.1, 0.15) is 11.5 Å². The normalized spacial score (nSPS) is 16.3. The van der Waals surface area contributed by atoms with Crippen molar-refractivity contribution in [3.8, 4) is 11.5 Å². The molecule has 1 heterocycles. The average molecular weight is 412 g/mol. The molecule has 7 heteroatoms. The van der Waals surface area contributed by atoms with Gasteiger partial charge in [0.15, 0.2) is 5.96 Å². The van der Waals surface area contributed by atoms with E-state index in [0.717, 1.165) is 67.9 Å². The van der Waals surface area contributed by atoms with Crippen LogP contribution in [0.15, 0.2) is 53.5 Å². The molecule has 0 amide bonds. The molecule has 0 spiro atoms. The highest BCUT2D eigenvalue weighted by Crippen LogP contribution is 2.30.